The van der Waals surface area contributed by atoms with Crippen LogP contribution in [0.3, 0.4) is 0 Å². The van der Waals surface area contributed by atoms with Crippen LogP contribution in [0, 0.1) is 0 Å². The van der Waals surface area contributed by atoms with Crippen LogP contribution < -0.4 is 21.7 Å². The van der Waals surface area contributed by atoms with Crippen molar-refractivity contribution in [3.05, 3.63) is 107 Å². The quantitative estimate of drug-likeness (QED) is 0.291. The molecule has 4 rings (SSSR count). The number of primary amides is 1. The highest BCUT2D eigenvalue weighted by molar-refractivity contribution is 7.09. The molecular formula is C26H23N5O4S. The Morgan fingerprint density at radius 2 is 1.56 bits per heavy atom. The number of para-hydroxylation sites is 1. The van der Waals surface area contributed by atoms with E-state index in [-0.39, 0.29) is 28.6 Å². The topological polar surface area (TPSA) is 152 Å². The van der Waals surface area contributed by atoms with E-state index in [1.165, 1.54) is 17.0 Å². The summed E-state index contributed by atoms with van der Waals surface area (Å²) in [5, 5.41) is 12.7. The van der Waals surface area contributed by atoms with Crippen molar-refractivity contribution in [3.63, 3.8) is 0 Å². The molecule has 0 spiro atoms. The molecule has 0 radical (unpaired) electrons. The number of nitrogens with zero attached hydrogens (tertiary/aromatic N) is 2. The van der Waals surface area contributed by atoms with Gasteiger partial charge in [0.15, 0.2) is 5.69 Å². The molecule has 1 heterocycles. The highest BCUT2D eigenvalue weighted by atomic mass is 32.1. The summed E-state index contributed by atoms with van der Waals surface area (Å²) in [5.41, 5.74) is 12.8. The number of rotatable bonds is 8. The van der Waals surface area contributed by atoms with Gasteiger partial charge in [0.25, 0.3) is 11.8 Å². The van der Waals surface area contributed by atoms with Crippen molar-refractivity contribution in [1.82, 2.24) is 9.69 Å². The van der Waals surface area contributed by atoms with E-state index in [1.54, 1.807) is 42.5 Å². The molecule has 9 nitrogen and oxygen atoms in total. The summed E-state index contributed by atoms with van der Waals surface area (Å²) in [6.07, 6.45) is 0. The predicted octanol–water partition coefficient (Wildman–Crippen LogP) is 3.23. The summed E-state index contributed by atoms with van der Waals surface area (Å²) in [5.74, 6) is -1.93. The number of amides is 3. The molecule has 3 amide bonds. The van der Waals surface area contributed by atoms with Gasteiger partial charge in [-0.25, -0.2) is 0 Å². The summed E-state index contributed by atoms with van der Waals surface area (Å²) < 4.78 is 3.94. The van der Waals surface area contributed by atoms with Crippen LogP contribution in [0.1, 0.15) is 37.3 Å². The average Bonchev–Trinajstić information content (AvgIpc) is 3.29. The Hall–Kier alpha value is -4.70. The van der Waals surface area contributed by atoms with Crippen molar-refractivity contribution in [2.24, 2.45) is 5.73 Å². The smallest absolute Gasteiger partial charge is 0.273 e. The molecule has 10 heteroatoms. The van der Waals surface area contributed by atoms with E-state index in [0.717, 1.165) is 17.1 Å². The maximum absolute atomic E-state index is 13.9. The number of hydrogen-bond acceptors (Lipinski definition) is 7. The minimum Gasteiger partial charge on any atom is -0.508 e. The second kappa shape index (κ2) is 10.7. The number of hydrogen-bond donors (Lipinski definition) is 4. The molecule has 0 saturated carbocycles. The highest BCUT2D eigenvalue weighted by Gasteiger charge is 2.35. The molecule has 0 aliphatic rings. The van der Waals surface area contributed by atoms with Gasteiger partial charge >= 0.3 is 0 Å². The molecule has 1 atom stereocenters. The highest BCUT2D eigenvalue weighted by Crippen LogP contribution is 2.33. The number of nitrogens with two attached hydrogens (primary N) is 2. The molecule has 0 bridgehead atoms. The van der Waals surface area contributed by atoms with Crippen LogP contribution in [-0.4, -0.2) is 27.2 Å². The fraction of sp³-hybridized carbons (Fsp3) is 0.0769. The van der Waals surface area contributed by atoms with E-state index >= 15 is 0 Å². The van der Waals surface area contributed by atoms with Crippen molar-refractivity contribution in [2.45, 2.75) is 12.6 Å². The lowest BCUT2D eigenvalue weighted by molar-refractivity contribution is -0.122. The second-order valence-corrected chi connectivity index (χ2v) is 8.62. The third-order valence-corrected chi connectivity index (χ3v) is 6.28. The molecule has 0 saturated heterocycles. The third-order valence-electron chi connectivity index (χ3n) is 5.43. The Morgan fingerprint density at radius 3 is 2.14 bits per heavy atom. The summed E-state index contributed by atoms with van der Waals surface area (Å²) in [4.78, 5) is 40.5. The minimum absolute atomic E-state index is 0.0117. The Labute approximate surface area is 211 Å². The van der Waals surface area contributed by atoms with Gasteiger partial charge < -0.3 is 21.9 Å². The van der Waals surface area contributed by atoms with Crippen LogP contribution in [-0.2, 0) is 11.3 Å². The summed E-state index contributed by atoms with van der Waals surface area (Å²) >= 11 is 0.734. The summed E-state index contributed by atoms with van der Waals surface area (Å²) in [7, 11) is 0. The number of phenols is 1. The number of carbonyl (C=O) groups is 3. The van der Waals surface area contributed by atoms with Crippen molar-refractivity contribution in [3.8, 4) is 5.75 Å². The lowest BCUT2D eigenvalue weighted by Gasteiger charge is -2.31. The summed E-state index contributed by atoms with van der Waals surface area (Å²) in [6.45, 7) is 0.236. The Morgan fingerprint density at radius 1 is 0.944 bits per heavy atom. The minimum atomic E-state index is -1.14. The van der Waals surface area contributed by atoms with Crippen molar-refractivity contribution in [2.75, 3.05) is 10.6 Å². The van der Waals surface area contributed by atoms with E-state index in [9.17, 15) is 19.5 Å². The van der Waals surface area contributed by atoms with Gasteiger partial charge in [0, 0.05) is 12.2 Å². The van der Waals surface area contributed by atoms with E-state index < -0.39 is 23.8 Å². The first kappa shape index (κ1) is 24.4. The van der Waals surface area contributed by atoms with Crippen LogP contribution in [0.25, 0.3) is 0 Å². The van der Waals surface area contributed by atoms with Crippen molar-refractivity contribution in [1.29, 1.82) is 0 Å². The van der Waals surface area contributed by atoms with E-state index in [2.05, 4.69) is 9.69 Å². The number of aromatic hydroxyl groups is 1. The number of carbonyl (C=O) groups excluding carboxylic acids is 3. The monoisotopic (exact) mass is 501 g/mol. The van der Waals surface area contributed by atoms with Gasteiger partial charge in [0.2, 0.25) is 5.91 Å². The van der Waals surface area contributed by atoms with E-state index in [1.807, 2.05) is 30.3 Å². The van der Waals surface area contributed by atoms with Gasteiger partial charge in [0.1, 0.15) is 16.7 Å². The second-order valence-electron chi connectivity index (χ2n) is 7.85. The van der Waals surface area contributed by atoms with E-state index in [4.69, 9.17) is 11.5 Å². The molecular weight excluding hydrogens is 478 g/mol. The average molecular weight is 502 g/mol. The molecule has 36 heavy (non-hydrogen) atoms. The standard InChI is InChI=1S/C26H23N5O4S/c27-20-21(24(28)33)30-36-23(20)26(35)31(18-9-5-2-6-10-18)22(17-11-13-19(32)14-12-17)25(34)29-15-16-7-3-1-4-8-16/h1-14,22,32H,15,27H2,(H2,28,33)(H,29,34)/t22-/m1/s1. The number of anilines is 2. The molecule has 0 fully saturated rings. The SMILES string of the molecule is NC(=O)c1nsc(C(=O)N(c2ccccc2)[C@@H](C(=O)NCc2ccccc2)c2ccc(O)cc2)c1N. The van der Waals surface area contributed by atoms with Gasteiger partial charge in [0.05, 0.1) is 5.69 Å². The Bertz CT molecular complexity index is 1370. The first-order chi connectivity index (χ1) is 17.4. The lowest BCUT2D eigenvalue weighted by atomic mass is 10.0. The first-order valence-electron chi connectivity index (χ1n) is 10.9. The van der Waals surface area contributed by atoms with Gasteiger partial charge in [-0.3, -0.25) is 19.3 Å². The number of benzene rings is 3. The number of nitrogen functional groups attached to an aromatic ring is 1. The van der Waals surface area contributed by atoms with Crippen molar-refractivity contribution < 1.29 is 19.5 Å². The molecule has 3 aromatic carbocycles. The number of aromatic nitrogens is 1. The number of phenolic OH excluding ortho intramolecular Hbond substituents is 1. The maximum Gasteiger partial charge on any atom is 0.273 e. The van der Waals surface area contributed by atoms with Gasteiger partial charge in [-0.15, -0.1) is 0 Å². The zero-order valence-electron chi connectivity index (χ0n) is 19.0. The van der Waals surface area contributed by atoms with Gasteiger partial charge in [-0.2, -0.15) is 4.37 Å². The molecule has 4 aromatic rings. The van der Waals surface area contributed by atoms with Crippen LogP contribution >= 0.6 is 11.5 Å². The van der Waals surface area contributed by atoms with Gasteiger partial charge in [-0.05, 0) is 46.9 Å². The zero-order valence-corrected chi connectivity index (χ0v) is 19.8. The largest absolute Gasteiger partial charge is 0.508 e. The lowest BCUT2D eigenvalue weighted by Crippen LogP contribution is -2.44. The van der Waals surface area contributed by atoms with Crippen LogP contribution in [0.5, 0.6) is 5.75 Å². The molecule has 182 valence electrons. The normalized spacial score (nSPS) is 11.4. The Kier molecular flexibility index (Phi) is 7.26. The fourth-order valence-corrected chi connectivity index (χ4v) is 4.41. The predicted molar refractivity (Wildman–Crippen MR) is 137 cm³/mol. The van der Waals surface area contributed by atoms with Crippen LogP contribution in [0.4, 0.5) is 11.4 Å². The molecule has 0 aliphatic carbocycles. The molecule has 6 N–H and O–H groups in total. The van der Waals surface area contributed by atoms with Crippen LogP contribution in [0.15, 0.2) is 84.9 Å². The van der Waals surface area contributed by atoms with Crippen LogP contribution in [0.2, 0.25) is 0 Å². The molecule has 1 aromatic heterocycles. The molecule has 0 aliphatic heterocycles. The molecule has 0 unspecified atom stereocenters. The number of nitrogens with one attached hydrogen (secondary N) is 1. The first-order valence-corrected chi connectivity index (χ1v) is 11.7. The van der Waals surface area contributed by atoms with Gasteiger partial charge in [-0.1, -0.05) is 60.7 Å². The fourth-order valence-electron chi connectivity index (χ4n) is 3.67. The Balaban J connectivity index is 1.80. The van der Waals surface area contributed by atoms with E-state index in [0.29, 0.717) is 11.3 Å². The van der Waals surface area contributed by atoms with Crippen molar-refractivity contribution >= 4 is 40.6 Å². The summed E-state index contributed by atoms with van der Waals surface area (Å²) in [6, 6.07) is 22.8. The zero-order chi connectivity index (χ0) is 25.7. The maximum atomic E-state index is 13.9. The third kappa shape index (κ3) is 5.18.